The van der Waals surface area contributed by atoms with Crippen LogP contribution in [0, 0.1) is 0 Å². The van der Waals surface area contributed by atoms with Crippen LogP contribution in [0.25, 0.3) is 0 Å². The van der Waals surface area contributed by atoms with Crippen LogP contribution in [0.5, 0.6) is 0 Å². The first-order valence-electron chi connectivity index (χ1n) is 8.58. The van der Waals surface area contributed by atoms with Crippen LogP contribution in [0.1, 0.15) is 43.2 Å². The van der Waals surface area contributed by atoms with Gasteiger partial charge in [0.05, 0.1) is 24.5 Å². The van der Waals surface area contributed by atoms with Crippen LogP contribution >= 0.6 is 0 Å². The van der Waals surface area contributed by atoms with Gasteiger partial charge in [-0.1, -0.05) is 31.0 Å². The zero-order valence-electron chi connectivity index (χ0n) is 13.6. The van der Waals surface area contributed by atoms with Gasteiger partial charge in [-0.15, -0.1) is 0 Å². The standard InChI is InChI=1S/C18H22N4O2/c23-12-13-10-21(17-8-4-3-7-16(13)17)18(24)20-14-9-19-22(11-14)15-5-1-2-6-15/h3-4,7-9,11,13,15,23H,1-2,5-6,10,12H2,(H,20,24). The number of fused-ring (bicyclic) bond motifs is 1. The largest absolute Gasteiger partial charge is 0.396 e. The molecule has 0 spiro atoms. The number of amides is 2. The van der Waals surface area contributed by atoms with Crippen LogP contribution < -0.4 is 10.2 Å². The van der Waals surface area contributed by atoms with Gasteiger partial charge >= 0.3 is 6.03 Å². The SMILES string of the molecule is O=C(Nc1cnn(C2CCCC2)c1)N1CC(CO)c2ccccc21. The zero-order chi connectivity index (χ0) is 16.5. The number of carbonyl (C=O) groups excluding carboxylic acids is 1. The Labute approximate surface area is 141 Å². The van der Waals surface area contributed by atoms with Crippen LogP contribution in [0.2, 0.25) is 0 Å². The van der Waals surface area contributed by atoms with Gasteiger partial charge in [0.1, 0.15) is 0 Å². The summed E-state index contributed by atoms with van der Waals surface area (Å²) in [4.78, 5) is 14.4. The first-order valence-corrected chi connectivity index (χ1v) is 8.58. The summed E-state index contributed by atoms with van der Waals surface area (Å²) in [6.45, 7) is 0.541. The van der Waals surface area contributed by atoms with Gasteiger partial charge in [-0.25, -0.2) is 4.79 Å². The molecule has 6 heteroatoms. The predicted octanol–water partition coefficient (Wildman–Crippen LogP) is 3.13. The Kier molecular flexibility index (Phi) is 3.98. The quantitative estimate of drug-likeness (QED) is 0.910. The lowest BCUT2D eigenvalue weighted by Gasteiger charge is -2.17. The Morgan fingerprint density at radius 3 is 2.88 bits per heavy atom. The molecule has 0 radical (unpaired) electrons. The molecule has 24 heavy (non-hydrogen) atoms. The first kappa shape index (κ1) is 15.2. The maximum atomic E-state index is 12.7. The van der Waals surface area contributed by atoms with Crippen LogP contribution in [-0.4, -0.2) is 34.1 Å². The number of hydrogen-bond donors (Lipinski definition) is 2. The molecular weight excluding hydrogens is 304 g/mol. The molecule has 1 aliphatic carbocycles. The van der Waals surface area contributed by atoms with Gasteiger partial charge in [0, 0.05) is 24.3 Å². The number of urea groups is 1. The maximum absolute atomic E-state index is 12.7. The molecule has 0 bridgehead atoms. The Hall–Kier alpha value is -2.34. The minimum Gasteiger partial charge on any atom is -0.396 e. The number of aliphatic hydroxyl groups is 1. The van der Waals surface area contributed by atoms with Gasteiger partial charge in [0.25, 0.3) is 0 Å². The van der Waals surface area contributed by atoms with Gasteiger partial charge in [0.15, 0.2) is 0 Å². The van der Waals surface area contributed by atoms with Crippen LogP contribution in [0.3, 0.4) is 0 Å². The second-order valence-electron chi connectivity index (χ2n) is 6.63. The molecule has 1 atom stereocenters. The minimum atomic E-state index is -0.177. The number of benzene rings is 1. The molecule has 126 valence electrons. The number of para-hydroxylation sites is 1. The van der Waals surface area contributed by atoms with Gasteiger partial charge in [-0.05, 0) is 24.5 Å². The van der Waals surface area contributed by atoms with Crippen LogP contribution in [0.4, 0.5) is 16.2 Å². The van der Waals surface area contributed by atoms with Crippen molar-refractivity contribution in [2.75, 3.05) is 23.4 Å². The molecule has 2 N–H and O–H groups in total. The van der Waals surface area contributed by atoms with E-state index in [1.54, 1.807) is 11.1 Å². The van der Waals surface area contributed by atoms with Crippen LogP contribution in [-0.2, 0) is 0 Å². The molecule has 1 aliphatic heterocycles. The number of hydrogen-bond acceptors (Lipinski definition) is 3. The second-order valence-corrected chi connectivity index (χ2v) is 6.63. The highest BCUT2D eigenvalue weighted by molar-refractivity contribution is 6.03. The third-order valence-electron chi connectivity index (χ3n) is 5.09. The number of aromatic nitrogens is 2. The molecule has 2 aromatic rings. The summed E-state index contributed by atoms with van der Waals surface area (Å²) in [6, 6.07) is 8.03. The van der Waals surface area contributed by atoms with E-state index in [1.165, 1.54) is 12.8 Å². The molecule has 2 aliphatic rings. The lowest BCUT2D eigenvalue weighted by Crippen LogP contribution is -2.34. The van der Waals surface area contributed by atoms with E-state index >= 15 is 0 Å². The highest BCUT2D eigenvalue weighted by Gasteiger charge is 2.31. The van der Waals surface area contributed by atoms with Crippen molar-refractivity contribution in [2.24, 2.45) is 0 Å². The fourth-order valence-electron chi connectivity index (χ4n) is 3.81. The second kappa shape index (κ2) is 6.28. The number of anilines is 2. The van der Waals surface area contributed by atoms with Gasteiger partial charge in [0.2, 0.25) is 0 Å². The smallest absolute Gasteiger partial charge is 0.326 e. The van der Waals surface area contributed by atoms with Crippen molar-refractivity contribution in [1.29, 1.82) is 0 Å². The van der Waals surface area contributed by atoms with E-state index in [2.05, 4.69) is 10.4 Å². The number of carbonyl (C=O) groups is 1. The zero-order valence-corrected chi connectivity index (χ0v) is 13.6. The van der Waals surface area contributed by atoms with Crippen molar-refractivity contribution in [1.82, 2.24) is 9.78 Å². The molecule has 1 saturated carbocycles. The van der Waals surface area contributed by atoms with E-state index in [-0.39, 0.29) is 18.6 Å². The molecule has 1 unspecified atom stereocenters. The summed E-state index contributed by atoms with van der Waals surface area (Å²) in [5.74, 6) is -0.0202. The lowest BCUT2D eigenvalue weighted by atomic mass is 10.0. The molecular formula is C18H22N4O2. The normalized spacial score (nSPS) is 20.4. The van der Waals surface area contributed by atoms with Gasteiger partial charge in [-0.3, -0.25) is 9.58 Å². The fraction of sp³-hybridized carbons (Fsp3) is 0.444. The third-order valence-corrected chi connectivity index (χ3v) is 5.09. The molecule has 1 aromatic heterocycles. The fourth-order valence-corrected chi connectivity index (χ4v) is 3.81. The number of nitrogens with zero attached hydrogens (tertiary/aromatic N) is 3. The molecule has 2 heterocycles. The maximum Gasteiger partial charge on any atom is 0.326 e. The predicted molar refractivity (Wildman–Crippen MR) is 92.4 cm³/mol. The molecule has 1 fully saturated rings. The van der Waals surface area contributed by atoms with Crippen LogP contribution in [0.15, 0.2) is 36.7 Å². The average molecular weight is 326 g/mol. The topological polar surface area (TPSA) is 70.4 Å². The summed E-state index contributed by atoms with van der Waals surface area (Å²) < 4.78 is 1.97. The number of nitrogens with one attached hydrogen (secondary N) is 1. The molecule has 1 aromatic carbocycles. The highest BCUT2D eigenvalue weighted by atomic mass is 16.3. The Morgan fingerprint density at radius 2 is 2.08 bits per heavy atom. The summed E-state index contributed by atoms with van der Waals surface area (Å²) in [6.07, 6.45) is 8.44. The van der Waals surface area contributed by atoms with E-state index in [0.717, 1.165) is 29.8 Å². The Bertz CT molecular complexity index is 736. The molecule has 0 saturated heterocycles. The highest BCUT2D eigenvalue weighted by Crippen LogP contribution is 2.36. The van der Waals surface area contributed by atoms with E-state index in [0.29, 0.717) is 12.6 Å². The molecule has 2 amide bonds. The van der Waals surface area contributed by atoms with Crippen molar-refractivity contribution < 1.29 is 9.90 Å². The monoisotopic (exact) mass is 326 g/mol. The Balaban J connectivity index is 1.49. The summed E-state index contributed by atoms with van der Waals surface area (Å²) >= 11 is 0. The van der Waals surface area contributed by atoms with E-state index in [4.69, 9.17) is 0 Å². The Morgan fingerprint density at radius 1 is 1.29 bits per heavy atom. The van der Waals surface area contributed by atoms with Crippen molar-refractivity contribution >= 4 is 17.4 Å². The summed E-state index contributed by atoms with van der Waals surface area (Å²) in [5.41, 5.74) is 2.62. The van der Waals surface area contributed by atoms with Crippen molar-refractivity contribution in [3.8, 4) is 0 Å². The average Bonchev–Trinajstić information content (AvgIpc) is 3.33. The first-order chi connectivity index (χ1) is 11.8. The van der Waals surface area contributed by atoms with Crippen molar-refractivity contribution in [2.45, 2.75) is 37.6 Å². The van der Waals surface area contributed by atoms with Gasteiger partial charge in [-0.2, -0.15) is 5.10 Å². The molecule has 6 nitrogen and oxygen atoms in total. The summed E-state index contributed by atoms with van der Waals surface area (Å²) in [5, 5.41) is 16.9. The third kappa shape index (κ3) is 2.67. The summed E-state index contributed by atoms with van der Waals surface area (Å²) in [7, 11) is 0. The van der Waals surface area contributed by atoms with Crippen molar-refractivity contribution in [3.63, 3.8) is 0 Å². The number of rotatable bonds is 3. The minimum absolute atomic E-state index is 0.0202. The number of aliphatic hydroxyl groups excluding tert-OH is 1. The van der Waals surface area contributed by atoms with E-state index in [9.17, 15) is 9.90 Å². The van der Waals surface area contributed by atoms with Crippen molar-refractivity contribution in [3.05, 3.63) is 42.2 Å². The molecule has 4 rings (SSSR count). The van der Waals surface area contributed by atoms with E-state index < -0.39 is 0 Å². The van der Waals surface area contributed by atoms with E-state index in [1.807, 2.05) is 35.1 Å². The lowest BCUT2D eigenvalue weighted by molar-refractivity contribution is 0.253. The van der Waals surface area contributed by atoms with Gasteiger partial charge < -0.3 is 10.4 Å².